The molecule has 0 saturated carbocycles. The van der Waals surface area contributed by atoms with Gasteiger partial charge >= 0.3 is 0 Å². The molecule has 3 rings (SSSR count). The molecule has 3 heteroatoms. The van der Waals surface area contributed by atoms with Gasteiger partial charge in [0.2, 0.25) is 5.88 Å². The van der Waals surface area contributed by atoms with E-state index in [1.165, 1.54) is 11.1 Å². The van der Waals surface area contributed by atoms with Gasteiger partial charge in [0.05, 0.1) is 5.69 Å². The largest absolute Gasteiger partial charge is 0.357 e. The summed E-state index contributed by atoms with van der Waals surface area (Å²) in [6.45, 7) is 0. The lowest BCUT2D eigenvalue weighted by molar-refractivity contribution is 0.424. The summed E-state index contributed by atoms with van der Waals surface area (Å²) in [5.41, 5.74) is 3.80. The fourth-order valence-electron chi connectivity index (χ4n) is 2.61. The summed E-state index contributed by atoms with van der Waals surface area (Å²) in [7, 11) is 1.88. The zero-order chi connectivity index (χ0) is 11.7. The van der Waals surface area contributed by atoms with Gasteiger partial charge in [-0.3, -0.25) is 0 Å². The van der Waals surface area contributed by atoms with Crippen LogP contribution in [0.4, 0.5) is 5.88 Å². The molecule has 88 valence electrons. The Morgan fingerprint density at radius 1 is 1.29 bits per heavy atom. The molecule has 1 aromatic heterocycles. The Labute approximate surface area is 101 Å². The molecule has 2 aromatic rings. The topological polar surface area (TPSA) is 38.1 Å². The van der Waals surface area contributed by atoms with Gasteiger partial charge in [0.1, 0.15) is 0 Å². The Hall–Kier alpha value is -1.77. The van der Waals surface area contributed by atoms with Gasteiger partial charge in [-0.05, 0) is 30.7 Å². The van der Waals surface area contributed by atoms with Gasteiger partial charge in [0.15, 0.2) is 0 Å². The molecule has 1 aliphatic carbocycles. The van der Waals surface area contributed by atoms with E-state index in [1.54, 1.807) is 0 Å². The molecule has 0 aliphatic heterocycles. The number of fused-ring (bicyclic) bond motifs is 1. The summed E-state index contributed by atoms with van der Waals surface area (Å²) in [5, 5.41) is 7.20. The number of hydrogen-bond acceptors (Lipinski definition) is 3. The quantitative estimate of drug-likeness (QED) is 0.858. The molecule has 0 amide bonds. The Morgan fingerprint density at radius 2 is 2.12 bits per heavy atom. The van der Waals surface area contributed by atoms with Crippen molar-refractivity contribution in [2.45, 2.75) is 25.2 Å². The van der Waals surface area contributed by atoms with Crippen molar-refractivity contribution in [1.29, 1.82) is 0 Å². The molecular formula is C14H16N2O. The van der Waals surface area contributed by atoms with E-state index in [0.29, 0.717) is 5.92 Å². The lowest BCUT2D eigenvalue weighted by Gasteiger charge is -2.21. The number of benzene rings is 1. The fourth-order valence-corrected chi connectivity index (χ4v) is 2.61. The second-order valence-electron chi connectivity index (χ2n) is 4.54. The molecule has 3 nitrogen and oxygen atoms in total. The fraction of sp³-hybridized carbons (Fsp3) is 0.357. The van der Waals surface area contributed by atoms with E-state index in [1.807, 2.05) is 7.05 Å². The van der Waals surface area contributed by atoms with Crippen LogP contribution in [0.25, 0.3) is 0 Å². The molecule has 1 N–H and O–H groups in total. The molecule has 0 fully saturated rings. The van der Waals surface area contributed by atoms with E-state index in [-0.39, 0.29) is 0 Å². The second kappa shape index (κ2) is 4.24. The van der Waals surface area contributed by atoms with E-state index in [9.17, 15) is 0 Å². The van der Waals surface area contributed by atoms with E-state index >= 15 is 0 Å². The van der Waals surface area contributed by atoms with E-state index in [4.69, 9.17) is 4.52 Å². The van der Waals surface area contributed by atoms with Gasteiger partial charge in [-0.1, -0.05) is 35.5 Å². The molecule has 1 heterocycles. The maximum absolute atomic E-state index is 5.29. The summed E-state index contributed by atoms with van der Waals surface area (Å²) < 4.78 is 5.29. The molecule has 0 saturated heterocycles. The van der Waals surface area contributed by atoms with Crippen molar-refractivity contribution in [3.63, 3.8) is 0 Å². The zero-order valence-electron chi connectivity index (χ0n) is 9.94. The first-order valence-corrected chi connectivity index (χ1v) is 6.08. The van der Waals surface area contributed by atoms with Gasteiger partial charge in [-0.15, -0.1) is 0 Å². The smallest absolute Gasteiger partial charge is 0.227 e. The van der Waals surface area contributed by atoms with Crippen molar-refractivity contribution >= 4 is 5.88 Å². The number of rotatable bonds is 2. The van der Waals surface area contributed by atoms with Crippen LogP contribution < -0.4 is 5.32 Å². The number of aryl methyl sites for hydroxylation is 1. The summed E-state index contributed by atoms with van der Waals surface area (Å²) in [6.07, 6.45) is 3.20. The third-order valence-electron chi connectivity index (χ3n) is 3.55. The summed E-state index contributed by atoms with van der Waals surface area (Å²) in [6, 6.07) is 10.7. The predicted octanol–water partition coefficient (Wildman–Crippen LogP) is 2.99. The number of anilines is 1. The van der Waals surface area contributed by atoms with Gasteiger partial charge in [0.25, 0.3) is 0 Å². The lowest BCUT2D eigenvalue weighted by Crippen LogP contribution is -2.12. The lowest BCUT2D eigenvalue weighted by atomic mass is 9.83. The Balaban J connectivity index is 1.89. The average Bonchev–Trinajstić information content (AvgIpc) is 2.81. The first kappa shape index (κ1) is 10.4. The van der Waals surface area contributed by atoms with Crippen molar-refractivity contribution in [3.8, 4) is 0 Å². The molecule has 0 radical (unpaired) electrons. The van der Waals surface area contributed by atoms with Crippen LogP contribution in [0.1, 0.15) is 29.2 Å². The van der Waals surface area contributed by atoms with Crippen molar-refractivity contribution in [1.82, 2.24) is 5.16 Å². The van der Waals surface area contributed by atoms with Crippen molar-refractivity contribution in [2.75, 3.05) is 12.4 Å². The normalized spacial score (nSPS) is 18.8. The third kappa shape index (κ3) is 1.82. The summed E-state index contributed by atoms with van der Waals surface area (Å²) in [5.74, 6) is 1.43. The van der Waals surface area contributed by atoms with E-state index in [0.717, 1.165) is 30.8 Å². The molecular weight excluding hydrogens is 212 g/mol. The van der Waals surface area contributed by atoms with Crippen LogP contribution in [0.2, 0.25) is 0 Å². The average molecular weight is 228 g/mol. The van der Waals surface area contributed by atoms with Crippen LogP contribution >= 0.6 is 0 Å². The zero-order valence-corrected chi connectivity index (χ0v) is 9.94. The van der Waals surface area contributed by atoms with Crippen LogP contribution in [-0.4, -0.2) is 12.2 Å². The maximum atomic E-state index is 5.29. The van der Waals surface area contributed by atoms with Gasteiger partial charge in [0, 0.05) is 12.6 Å². The highest BCUT2D eigenvalue weighted by Gasteiger charge is 2.25. The van der Waals surface area contributed by atoms with Crippen LogP contribution in [0.5, 0.6) is 0 Å². The van der Waals surface area contributed by atoms with E-state index in [2.05, 4.69) is 40.8 Å². The third-order valence-corrected chi connectivity index (χ3v) is 3.55. The van der Waals surface area contributed by atoms with Crippen LogP contribution in [0.3, 0.4) is 0 Å². The number of nitrogens with one attached hydrogen (secondary N) is 1. The van der Waals surface area contributed by atoms with Crippen LogP contribution in [0.15, 0.2) is 34.9 Å². The highest BCUT2D eigenvalue weighted by Crippen LogP contribution is 2.35. The van der Waals surface area contributed by atoms with Crippen molar-refractivity contribution in [3.05, 3.63) is 47.2 Å². The van der Waals surface area contributed by atoms with Crippen molar-refractivity contribution in [2.24, 2.45) is 0 Å². The monoisotopic (exact) mass is 228 g/mol. The molecule has 1 aliphatic rings. The number of hydrogen-bond donors (Lipinski definition) is 1. The predicted molar refractivity (Wildman–Crippen MR) is 67.3 cm³/mol. The van der Waals surface area contributed by atoms with Gasteiger partial charge in [-0.25, -0.2) is 0 Å². The van der Waals surface area contributed by atoms with Gasteiger partial charge in [-0.2, -0.15) is 0 Å². The highest BCUT2D eigenvalue weighted by atomic mass is 16.5. The van der Waals surface area contributed by atoms with Gasteiger partial charge < -0.3 is 9.84 Å². The van der Waals surface area contributed by atoms with Crippen LogP contribution in [-0.2, 0) is 12.8 Å². The number of nitrogens with zero attached hydrogens (tertiary/aromatic N) is 1. The first-order valence-electron chi connectivity index (χ1n) is 6.08. The summed E-state index contributed by atoms with van der Waals surface area (Å²) >= 11 is 0. The SMILES string of the molecule is CNc1onc2c1CC(c1ccccc1)CC2. The molecule has 0 bridgehead atoms. The highest BCUT2D eigenvalue weighted by molar-refractivity contribution is 5.45. The molecule has 1 aromatic carbocycles. The number of aromatic nitrogens is 1. The minimum absolute atomic E-state index is 0.593. The standard InChI is InChI=1S/C14H16N2O/c1-15-14-12-9-11(7-8-13(12)16-17-14)10-5-3-2-4-6-10/h2-6,11,15H,7-9H2,1H3. The Bertz CT molecular complexity index is 491. The van der Waals surface area contributed by atoms with Crippen LogP contribution in [0, 0.1) is 0 Å². The molecule has 1 unspecified atom stereocenters. The maximum Gasteiger partial charge on any atom is 0.227 e. The minimum atomic E-state index is 0.593. The Kier molecular flexibility index (Phi) is 2.59. The van der Waals surface area contributed by atoms with E-state index < -0.39 is 0 Å². The first-order chi connectivity index (χ1) is 8.38. The molecule has 17 heavy (non-hydrogen) atoms. The molecule has 0 spiro atoms. The molecule has 1 atom stereocenters. The van der Waals surface area contributed by atoms with Crippen molar-refractivity contribution < 1.29 is 4.52 Å². The summed E-state index contributed by atoms with van der Waals surface area (Å²) in [4.78, 5) is 0. The minimum Gasteiger partial charge on any atom is -0.357 e. The second-order valence-corrected chi connectivity index (χ2v) is 4.54. The Morgan fingerprint density at radius 3 is 2.88 bits per heavy atom.